The van der Waals surface area contributed by atoms with E-state index in [1.807, 2.05) is 34.9 Å². The number of rotatable bonds is 3. The summed E-state index contributed by atoms with van der Waals surface area (Å²) in [5.74, 6) is -0.950. The van der Waals surface area contributed by atoms with E-state index in [1.54, 1.807) is 12.3 Å². The van der Waals surface area contributed by atoms with Crippen LogP contribution in [-0.4, -0.2) is 25.4 Å². The monoisotopic (exact) mass is 271 g/mol. The van der Waals surface area contributed by atoms with E-state index in [9.17, 15) is 4.79 Å². The van der Waals surface area contributed by atoms with Crippen molar-refractivity contribution in [1.29, 1.82) is 0 Å². The summed E-state index contributed by atoms with van der Waals surface area (Å²) in [4.78, 5) is 19.2. The molecule has 0 aromatic carbocycles. The largest absolute Gasteiger partial charge is 0.477 e. The lowest BCUT2D eigenvalue weighted by molar-refractivity contribution is 0.0702. The Labute approximate surface area is 112 Å². The molecule has 3 aromatic rings. The quantitative estimate of drug-likeness (QED) is 0.795. The van der Waals surface area contributed by atoms with E-state index in [-0.39, 0.29) is 4.88 Å². The Kier molecular flexibility index (Phi) is 2.85. The third-order valence-electron chi connectivity index (χ3n) is 2.59. The molecule has 3 aromatic heterocycles. The standard InChI is InChI=1S/C13H9N3O2S/c17-13(18)10-8-15-12(19-10)5-4-9-2-1-3-11-14-6-7-16(9)11/h1-8H,(H,17,18)/b5-4+. The molecular weight excluding hydrogens is 262 g/mol. The maximum atomic E-state index is 10.8. The lowest BCUT2D eigenvalue weighted by atomic mass is 10.3. The number of hydrogen-bond acceptors (Lipinski definition) is 4. The number of aromatic carboxylic acids is 1. The Hall–Kier alpha value is -2.47. The highest BCUT2D eigenvalue weighted by molar-refractivity contribution is 7.14. The predicted octanol–water partition coefficient (Wildman–Crippen LogP) is 2.66. The van der Waals surface area contributed by atoms with Gasteiger partial charge < -0.3 is 9.51 Å². The van der Waals surface area contributed by atoms with Gasteiger partial charge in [-0.05, 0) is 24.3 Å². The van der Waals surface area contributed by atoms with Gasteiger partial charge in [-0.2, -0.15) is 0 Å². The molecule has 0 saturated heterocycles. The molecule has 0 bridgehead atoms. The van der Waals surface area contributed by atoms with Crippen LogP contribution in [-0.2, 0) is 0 Å². The summed E-state index contributed by atoms with van der Waals surface area (Å²) >= 11 is 1.15. The van der Waals surface area contributed by atoms with Gasteiger partial charge in [0.05, 0.1) is 6.20 Å². The molecule has 0 atom stereocenters. The van der Waals surface area contributed by atoms with Gasteiger partial charge in [-0.25, -0.2) is 14.8 Å². The molecule has 94 valence electrons. The minimum atomic E-state index is -0.950. The van der Waals surface area contributed by atoms with Gasteiger partial charge in [0, 0.05) is 18.1 Å². The van der Waals surface area contributed by atoms with Crippen molar-refractivity contribution in [3.8, 4) is 0 Å². The second-order valence-corrected chi connectivity index (χ2v) is 4.87. The zero-order valence-electron chi connectivity index (χ0n) is 9.72. The lowest BCUT2D eigenvalue weighted by Gasteiger charge is -1.98. The number of aromatic nitrogens is 3. The maximum Gasteiger partial charge on any atom is 0.347 e. The van der Waals surface area contributed by atoms with Crippen LogP contribution in [0.4, 0.5) is 0 Å². The summed E-state index contributed by atoms with van der Waals surface area (Å²) in [7, 11) is 0. The molecule has 19 heavy (non-hydrogen) atoms. The number of pyridine rings is 1. The smallest absolute Gasteiger partial charge is 0.347 e. The number of hydrogen-bond donors (Lipinski definition) is 1. The van der Waals surface area contributed by atoms with Crippen molar-refractivity contribution in [2.75, 3.05) is 0 Å². The third kappa shape index (κ3) is 2.25. The number of nitrogens with zero attached hydrogens (tertiary/aromatic N) is 3. The van der Waals surface area contributed by atoms with E-state index in [0.29, 0.717) is 5.01 Å². The fourth-order valence-corrected chi connectivity index (χ4v) is 2.39. The fraction of sp³-hybridized carbons (Fsp3) is 0. The third-order valence-corrected chi connectivity index (χ3v) is 3.54. The SMILES string of the molecule is O=C(O)c1cnc(/C=C/c2cccc3nccn23)s1. The summed E-state index contributed by atoms with van der Waals surface area (Å²) < 4.78 is 1.95. The van der Waals surface area contributed by atoms with Crippen molar-refractivity contribution in [3.63, 3.8) is 0 Å². The molecule has 0 saturated carbocycles. The van der Waals surface area contributed by atoms with E-state index >= 15 is 0 Å². The summed E-state index contributed by atoms with van der Waals surface area (Å²) in [6.07, 6.45) is 8.66. The minimum Gasteiger partial charge on any atom is -0.477 e. The van der Waals surface area contributed by atoms with Gasteiger partial charge in [-0.3, -0.25) is 0 Å². The normalized spacial score (nSPS) is 11.4. The van der Waals surface area contributed by atoms with E-state index in [4.69, 9.17) is 5.11 Å². The maximum absolute atomic E-state index is 10.8. The summed E-state index contributed by atoms with van der Waals surface area (Å²) in [5, 5.41) is 9.49. The highest BCUT2D eigenvalue weighted by Crippen LogP contribution is 2.16. The van der Waals surface area contributed by atoms with Crippen molar-refractivity contribution in [1.82, 2.24) is 14.4 Å². The number of imidazole rings is 1. The Morgan fingerprint density at radius 1 is 1.32 bits per heavy atom. The first-order valence-corrected chi connectivity index (χ1v) is 6.35. The van der Waals surface area contributed by atoms with Crippen LogP contribution in [0.25, 0.3) is 17.8 Å². The van der Waals surface area contributed by atoms with E-state index in [2.05, 4.69) is 9.97 Å². The van der Waals surface area contributed by atoms with Crippen molar-refractivity contribution in [2.24, 2.45) is 0 Å². The van der Waals surface area contributed by atoms with Gasteiger partial charge in [-0.15, -0.1) is 11.3 Å². The fourth-order valence-electron chi connectivity index (χ4n) is 1.73. The Morgan fingerprint density at radius 3 is 3.00 bits per heavy atom. The van der Waals surface area contributed by atoms with Gasteiger partial charge in [0.15, 0.2) is 0 Å². The molecule has 0 aliphatic carbocycles. The molecule has 0 aliphatic rings. The van der Waals surface area contributed by atoms with Crippen molar-refractivity contribution in [3.05, 3.63) is 52.4 Å². The first-order valence-electron chi connectivity index (χ1n) is 5.53. The van der Waals surface area contributed by atoms with Gasteiger partial charge in [0.1, 0.15) is 15.5 Å². The molecule has 0 amide bonds. The Bertz CT molecular complexity index is 773. The van der Waals surface area contributed by atoms with Crippen molar-refractivity contribution >= 4 is 35.1 Å². The van der Waals surface area contributed by atoms with Crippen molar-refractivity contribution < 1.29 is 9.90 Å². The van der Waals surface area contributed by atoms with E-state index in [0.717, 1.165) is 22.7 Å². The molecule has 0 aliphatic heterocycles. The van der Waals surface area contributed by atoms with Crippen LogP contribution in [0.3, 0.4) is 0 Å². The van der Waals surface area contributed by atoms with Crippen LogP contribution in [0.5, 0.6) is 0 Å². The van der Waals surface area contributed by atoms with Crippen LogP contribution in [0, 0.1) is 0 Å². The minimum absolute atomic E-state index is 0.237. The van der Waals surface area contributed by atoms with Crippen LogP contribution >= 0.6 is 11.3 Å². The molecule has 0 spiro atoms. The van der Waals surface area contributed by atoms with E-state index in [1.165, 1.54) is 6.20 Å². The van der Waals surface area contributed by atoms with Gasteiger partial charge in [0.25, 0.3) is 0 Å². The molecule has 3 heterocycles. The number of carboxylic acid groups (broad SMARTS) is 1. The molecule has 5 nitrogen and oxygen atoms in total. The average Bonchev–Trinajstić information content (AvgIpc) is 3.05. The summed E-state index contributed by atoms with van der Waals surface area (Å²) in [6.45, 7) is 0. The Morgan fingerprint density at radius 2 is 2.21 bits per heavy atom. The molecule has 3 rings (SSSR count). The van der Waals surface area contributed by atoms with Crippen LogP contribution in [0.1, 0.15) is 20.4 Å². The number of fused-ring (bicyclic) bond motifs is 1. The zero-order chi connectivity index (χ0) is 13.2. The first kappa shape index (κ1) is 11.6. The van der Waals surface area contributed by atoms with Crippen LogP contribution in [0.2, 0.25) is 0 Å². The number of carboxylic acids is 1. The van der Waals surface area contributed by atoms with E-state index < -0.39 is 5.97 Å². The molecule has 1 N–H and O–H groups in total. The predicted molar refractivity (Wildman–Crippen MR) is 73.2 cm³/mol. The first-order chi connectivity index (χ1) is 9.24. The molecular formula is C13H9N3O2S. The second-order valence-electron chi connectivity index (χ2n) is 3.81. The number of carbonyl (C=O) groups is 1. The topological polar surface area (TPSA) is 67.5 Å². The highest BCUT2D eigenvalue weighted by Gasteiger charge is 2.06. The Balaban J connectivity index is 1.93. The van der Waals surface area contributed by atoms with Gasteiger partial charge in [0.2, 0.25) is 0 Å². The number of thiazole rings is 1. The van der Waals surface area contributed by atoms with Gasteiger partial charge >= 0.3 is 5.97 Å². The molecule has 0 unspecified atom stereocenters. The summed E-state index contributed by atoms with van der Waals surface area (Å²) in [5.41, 5.74) is 1.83. The van der Waals surface area contributed by atoms with Crippen LogP contribution < -0.4 is 0 Å². The molecule has 6 heteroatoms. The van der Waals surface area contributed by atoms with Gasteiger partial charge in [-0.1, -0.05) is 6.07 Å². The molecule has 0 radical (unpaired) electrons. The molecule has 0 fully saturated rings. The average molecular weight is 271 g/mol. The summed E-state index contributed by atoms with van der Waals surface area (Å²) in [6, 6.07) is 5.80. The van der Waals surface area contributed by atoms with Crippen molar-refractivity contribution in [2.45, 2.75) is 0 Å². The highest BCUT2D eigenvalue weighted by atomic mass is 32.1. The zero-order valence-corrected chi connectivity index (χ0v) is 10.5. The lowest BCUT2D eigenvalue weighted by Crippen LogP contribution is -1.89. The second kappa shape index (κ2) is 4.66. The van der Waals surface area contributed by atoms with Crippen LogP contribution in [0.15, 0.2) is 36.8 Å².